The SMILES string of the molecule is CCCCN(C)Cc1c(C)[nH]c2ccc(OC)cc2c1=O. The molecule has 0 atom stereocenters. The Hall–Kier alpha value is -1.81. The van der Waals surface area contributed by atoms with E-state index in [9.17, 15) is 4.79 Å². The summed E-state index contributed by atoms with van der Waals surface area (Å²) in [6.07, 6.45) is 2.31. The normalized spacial score (nSPS) is 11.3. The zero-order chi connectivity index (χ0) is 15.4. The lowest BCUT2D eigenvalue weighted by atomic mass is 10.1. The molecule has 4 nitrogen and oxygen atoms in total. The molecule has 1 aromatic carbocycles. The number of rotatable bonds is 6. The van der Waals surface area contributed by atoms with Crippen LogP contribution in [-0.4, -0.2) is 30.6 Å². The van der Waals surface area contributed by atoms with Gasteiger partial charge in [0.15, 0.2) is 5.43 Å². The Labute approximate surface area is 125 Å². The summed E-state index contributed by atoms with van der Waals surface area (Å²) < 4.78 is 5.22. The summed E-state index contributed by atoms with van der Waals surface area (Å²) in [6, 6.07) is 5.57. The van der Waals surface area contributed by atoms with Crippen LogP contribution in [-0.2, 0) is 6.54 Å². The van der Waals surface area contributed by atoms with Crippen LogP contribution in [0.2, 0.25) is 0 Å². The van der Waals surface area contributed by atoms with Crippen molar-refractivity contribution in [2.24, 2.45) is 0 Å². The third-order valence-corrected chi connectivity index (χ3v) is 3.84. The van der Waals surface area contributed by atoms with E-state index >= 15 is 0 Å². The number of ether oxygens (including phenoxy) is 1. The minimum absolute atomic E-state index is 0.100. The van der Waals surface area contributed by atoms with Crippen LogP contribution in [0.25, 0.3) is 10.9 Å². The molecule has 1 N–H and O–H groups in total. The van der Waals surface area contributed by atoms with Crippen molar-refractivity contribution in [1.29, 1.82) is 0 Å². The lowest BCUT2D eigenvalue weighted by Gasteiger charge is -2.17. The molecule has 1 aromatic heterocycles. The first kappa shape index (κ1) is 15.6. The fraction of sp³-hybridized carbons (Fsp3) is 0.471. The van der Waals surface area contributed by atoms with Crippen LogP contribution < -0.4 is 10.2 Å². The van der Waals surface area contributed by atoms with E-state index in [0.29, 0.717) is 17.7 Å². The van der Waals surface area contributed by atoms with Crippen molar-refractivity contribution >= 4 is 10.9 Å². The van der Waals surface area contributed by atoms with Gasteiger partial charge in [0.1, 0.15) is 5.75 Å². The van der Waals surface area contributed by atoms with E-state index in [1.54, 1.807) is 7.11 Å². The molecule has 0 unspecified atom stereocenters. The maximum absolute atomic E-state index is 12.7. The fourth-order valence-corrected chi connectivity index (χ4v) is 2.52. The van der Waals surface area contributed by atoms with Crippen LogP contribution in [0.1, 0.15) is 31.0 Å². The molecule has 0 saturated carbocycles. The Morgan fingerprint density at radius 3 is 2.76 bits per heavy atom. The Morgan fingerprint density at radius 2 is 2.10 bits per heavy atom. The number of aromatic nitrogens is 1. The van der Waals surface area contributed by atoms with Gasteiger partial charge in [0.05, 0.1) is 7.11 Å². The van der Waals surface area contributed by atoms with E-state index in [-0.39, 0.29) is 5.43 Å². The highest BCUT2D eigenvalue weighted by molar-refractivity contribution is 5.81. The summed E-state index contributed by atoms with van der Waals surface area (Å²) in [6.45, 7) is 5.82. The quantitative estimate of drug-likeness (QED) is 0.888. The van der Waals surface area contributed by atoms with Crippen molar-refractivity contribution in [2.75, 3.05) is 20.7 Å². The van der Waals surface area contributed by atoms with Gasteiger partial charge in [0, 0.05) is 28.7 Å². The number of benzene rings is 1. The summed E-state index contributed by atoms with van der Waals surface area (Å²) >= 11 is 0. The molecule has 0 spiro atoms. The number of unbranched alkanes of at least 4 members (excludes halogenated alkanes) is 1. The van der Waals surface area contributed by atoms with Gasteiger partial charge < -0.3 is 14.6 Å². The molecular weight excluding hydrogens is 264 g/mol. The van der Waals surface area contributed by atoms with Crippen LogP contribution in [0, 0.1) is 6.92 Å². The Balaban J connectivity index is 2.41. The maximum atomic E-state index is 12.7. The molecule has 21 heavy (non-hydrogen) atoms. The Bertz CT molecular complexity index is 676. The molecule has 0 aliphatic carbocycles. The van der Waals surface area contributed by atoms with E-state index in [0.717, 1.165) is 36.2 Å². The van der Waals surface area contributed by atoms with Crippen molar-refractivity contribution in [3.05, 3.63) is 39.7 Å². The van der Waals surface area contributed by atoms with Crippen molar-refractivity contribution in [2.45, 2.75) is 33.2 Å². The van der Waals surface area contributed by atoms with E-state index in [1.807, 2.05) is 25.1 Å². The number of aryl methyl sites for hydroxylation is 1. The lowest BCUT2D eigenvalue weighted by molar-refractivity contribution is 0.319. The highest BCUT2D eigenvalue weighted by atomic mass is 16.5. The molecular formula is C17H24N2O2. The van der Waals surface area contributed by atoms with Gasteiger partial charge in [-0.2, -0.15) is 0 Å². The molecule has 0 fully saturated rings. The number of nitrogens with one attached hydrogen (secondary N) is 1. The van der Waals surface area contributed by atoms with Crippen LogP contribution in [0.4, 0.5) is 0 Å². The van der Waals surface area contributed by atoms with Gasteiger partial charge in [0.2, 0.25) is 0 Å². The number of aromatic amines is 1. The predicted molar refractivity (Wildman–Crippen MR) is 87.1 cm³/mol. The molecule has 4 heteroatoms. The van der Waals surface area contributed by atoms with Crippen LogP contribution in [0.3, 0.4) is 0 Å². The largest absolute Gasteiger partial charge is 0.497 e. The Kier molecular flexibility index (Phi) is 5.02. The maximum Gasteiger partial charge on any atom is 0.194 e. The number of hydrogen-bond acceptors (Lipinski definition) is 3. The number of methoxy groups -OCH3 is 1. The van der Waals surface area contributed by atoms with Gasteiger partial charge in [-0.25, -0.2) is 0 Å². The van der Waals surface area contributed by atoms with Gasteiger partial charge in [-0.3, -0.25) is 4.79 Å². The summed E-state index contributed by atoms with van der Waals surface area (Å²) in [5.74, 6) is 0.710. The highest BCUT2D eigenvalue weighted by Crippen LogP contribution is 2.18. The number of nitrogens with zero attached hydrogens (tertiary/aromatic N) is 1. The first-order valence-electron chi connectivity index (χ1n) is 7.44. The summed E-state index contributed by atoms with van der Waals surface area (Å²) in [5.41, 5.74) is 2.75. The standard InChI is InChI=1S/C17H24N2O2/c1-5-6-9-19(3)11-15-12(2)18-16-8-7-13(21-4)10-14(16)17(15)20/h7-8,10H,5-6,9,11H2,1-4H3,(H,18,20). The van der Waals surface area contributed by atoms with Gasteiger partial charge in [-0.05, 0) is 45.1 Å². The first-order valence-corrected chi connectivity index (χ1v) is 7.44. The first-order chi connectivity index (χ1) is 10.1. The Morgan fingerprint density at radius 1 is 1.33 bits per heavy atom. The molecule has 0 bridgehead atoms. The topological polar surface area (TPSA) is 45.3 Å². The number of fused-ring (bicyclic) bond motifs is 1. The van der Waals surface area contributed by atoms with E-state index in [2.05, 4.69) is 23.9 Å². The zero-order valence-electron chi connectivity index (χ0n) is 13.3. The molecule has 0 amide bonds. The molecule has 114 valence electrons. The third-order valence-electron chi connectivity index (χ3n) is 3.84. The minimum atomic E-state index is 0.100. The number of hydrogen-bond donors (Lipinski definition) is 1. The van der Waals surface area contributed by atoms with Crippen molar-refractivity contribution in [3.8, 4) is 5.75 Å². The molecule has 0 saturated heterocycles. The monoisotopic (exact) mass is 288 g/mol. The zero-order valence-corrected chi connectivity index (χ0v) is 13.3. The molecule has 2 rings (SSSR count). The van der Waals surface area contributed by atoms with Crippen LogP contribution in [0.15, 0.2) is 23.0 Å². The van der Waals surface area contributed by atoms with Gasteiger partial charge in [-0.1, -0.05) is 13.3 Å². The molecule has 0 aliphatic heterocycles. The molecule has 0 aliphatic rings. The fourth-order valence-electron chi connectivity index (χ4n) is 2.52. The predicted octanol–water partition coefficient (Wildman–Crippen LogP) is 3.08. The second kappa shape index (κ2) is 6.76. The second-order valence-corrected chi connectivity index (χ2v) is 5.56. The van der Waals surface area contributed by atoms with Gasteiger partial charge >= 0.3 is 0 Å². The summed E-state index contributed by atoms with van der Waals surface area (Å²) in [7, 11) is 3.67. The van der Waals surface area contributed by atoms with Crippen molar-refractivity contribution < 1.29 is 4.74 Å². The smallest absolute Gasteiger partial charge is 0.194 e. The highest BCUT2D eigenvalue weighted by Gasteiger charge is 2.12. The number of H-pyrrole nitrogens is 1. The van der Waals surface area contributed by atoms with Gasteiger partial charge in [-0.15, -0.1) is 0 Å². The van der Waals surface area contributed by atoms with Crippen molar-refractivity contribution in [3.63, 3.8) is 0 Å². The molecule has 0 radical (unpaired) electrons. The minimum Gasteiger partial charge on any atom is -0.497 e. The van der Waals surface area contributed by atoms with E-state index < -0.39 is 0 Å². The molecule has 1 heterocycles. The van der Waals surface area contributed by atoms with E-state index in [4.69, 9.17) is 4.74 Å². The average molecular weight is 288 g/mol. The summed E-state index contributed by atoms with van der Waals surface area (Å²) in [5, 5.41) is 0.693. The third kappa shape index (κ3) is 3.45. The second-order valence-electron chi connectivity index (χ2n) is 5.56. The van der Waals surface area contributed by atoms with Crippen LogP contribution in [0.5, 0.6) is 5.75 Å². The molecule has 2 aromatic rings. The lowest BCUT2D eigenvalue weighted by Crippen LogP contribution is -2.25. The van der Waals surface area contributed by atoms with Crippen molar-refractivity contribution in [1.82, 2.24) is 9.88 Å². The van der Waals surface area contributed by atoms with Crippen LogP contribution >= 0.6 is 0 Å². The van der Waals surface area contributed by atoms with E-state index in [1.165, 1.54) is 0 Å². The van der Waals surface area contributed by atoms with Gasteiger partial charge in [0.25, 0.3) is 0 Å². The number of pyridine rings is 1. The average Bonchev–Trinajstić information content (AvgIpc) is 2.49. The summed E-state index contributed by atoms with van der Waals surface area (Å²) in [4.78, 5) is 18.3.